The zero-order valence-corrected chi connectivity index (χ0v) is 10.6. The van der Waals surface area contributed by atoms with Gasteiger partial charge in [-0.25, -0.2) is 0 Å². The lowest BCUT2D eigenvalue weighted by atomic mass is 10.2. The molecule has 96 valence electrons. The molecule has 0 bridgehead atoms. The lowest BCUT2D eigenvalue weighted by Gasteiger charge is -1.98. The minimum Gasteiger partial charge on any atom is -0.481 e. The van der Waals surface area contributed by atoms with Crippen LogP contribution in [0.3, 0.4) is 0 Å². The maximum Gasteiger partial charge on any atom is 0.352 e. The van der Waals surface area contributed by atoms with Gasteiger partial charge < -0.3 is 9.26 Å². The first-order valence-corrected chi connectivity index (χ1v) is 5.78. The molecule has 2 heterocycles. The van der Waals surface area contributed by atoms with Crippen LogP contribution >= 0.6 is 0 Å². The van der Waals surface area contributed by atoms with E-state index in [1.807, 2.05) is 37.3 Å². The van der Waals surface area contributed by atoms with E-state index in [1.165, 1.54) is 4.68 Å². The van der Waals surface area contributed by atoms with Crippen LogP contribution in [0.15, 0.2) is 40.9 Å². The van der Waals surface area contributed by atoms with Crippen molar-refractivity contribution in [2.45, 2.75) is 6.92 Å². The Hall–Kier alpha value is -2.63. The fraction of sp³-hybridized carbons (Fsp3) is 0.154. The largest absolute Gasteiger partial charge is 0.481 e. The van der Waals surface area contributed by atoms with E-state index in [0.29, 0.717) is 11.7 Å². The third-order valence-corrected chi connectivity index (χ3v) is 2.64. The zero-order chi connectivity index (χ0) is 13.2. The molecule has 0 N–H and O–H groups in total. The summed E-state index contributed by atoms with van der Waals surface area (Å²) in [5.41, 5.74) is 1.71. The summed E-state index contributed by atoms with van der Waals surface area (Å²) in [5, 5.41) is 8.20. The van der Waals surface area contributed by atoms with Crippen molar-refractivity contribution in [1.82, 2.24) is 19.9 Å². The standard InChI is InChI=1S/C13H12N4O2/c1-9-8-11(18-2)17(15-9)13-14-12(16-19-13)10-6-4-3-5-7-10/h3-8H,1-2H3. The van der Waals surface area contributed by atoms with E-state index in [4.69, 9.17) is 9.26 Å². The summed E-state index contributed by atoms with van der Waals surface area (Å²) >= 11 is 0. The lowest BCUT2D eigenvalue weighted by Crippen LogP contribution is -2.00. The number of aromatic nitrogens is 4. The van der Waals surface area contributed by atoms with Crippen molar-refractivity contribution in [3.8, 4) is 23.3 Å². The second kappa shape index (κ2) is 4.56. The molecular weight excluding hydrogens is 244 g/mol. The fourth-order valence-electron chi connectivity index (χ4n) is 1.76. The van der Waals surface area contributed by atoms with E-state index in [0.717, 1.165) is 11.3 Å². The molecule has 6 nitrogen and oxygen atoms in total. The second-order valence-corrected chi connectivity index (χ2v) is 4.01. The van der Waals surface area contributed by atoms with Gasteiger partial charge in [0.25, 0.3) is 0 Å². The van der Waals surface area contributed by atoms with Crippen LogP contribution in [-0.2, 0) is 0 Å². The summed E-state index contributed by atoms with van der Waals surface area (Å²) in [6.07, 6.45) is 0. The number of rotatable bonds is 3. The van der Waals surface area contributed by atoms with Crippen LogP contribution in [0.1, 0.15) is 5.69 Å². The summed E-state index contributed by atoms with van der Waals surface area (Å²) in [7, 11) is 1.57. The first kappa shape index (κ1) is 11.5. The van der Waals surface area contributed by atoms with Crippen LogP contribution in [0.4, 0.5) is 0 Å². The maximum atomic E-state index is 5.22. The normalized spacial score (nSPS) is 10.6. The van der Waals surface area contributed by atoms with E-state index in [9.17, 15) is 0 Å². The monoisotopic (exact) mass is 256 g/mol. The first-order chi connectivity index (χ1) is 9.28. The highest BCUT2D eigenvalue weighted by Crippen LogP contribution is 2.20. The molecule has 3 rings (SSSR count). The van der Waals surface area contributed by atoms with Gasteiger partial charge in [0, 0.05) is 11.6 Å². The molecule has 0 unspecified atom stereocenters. The van der Waals surface area contributed by atoms with Gasteiger partial charge in [-0.3, -0.25) is 0 Å². The van der Waals surface area contributed by atoms with Crippen LogP contribution in [0.5, 0.6) is 5.88 Å². The van der Waals surface area contributed by atoms with E-state index >= 15 is 0 Å². The topological polar surface area (TPSA) is 66.0 Å². The van der Waals surface area contributed by atoms with Gasteiger partial charge in [0.15, 0.2) is 0 Å². The van der Waals surface area contributed by atoms with Gasteiger partial charge in [0.1, 0.15) is 0 Å². The summed E-state index contributed by atoms with van der Waals surface area (Å²) < 4.78 is 11.9. The van der Waals surface area contributed by atoms with E-state index in [-0.39, 0.29) is 6.01 Å². The Balaban J connectivity index is 2.01. The Bertz CT molecular complexity index is 688. The molecule has 19 heavy (non-hydrogen) atoms. The van der Waals surface area contributed by atoms with Crippen molar-refractivity contribution in [2.75, 3.05) is 7.11 Å². The van der Waals surface area contributed by atoms with Gasteiger partial charge in [-0.2, -0.15) is 10.1 Å². The molecule has 3 aromatic rings. The molecule has 0 aliphatic rings. The highest BCUT2D eigenvalue weighted by atomic mass is 16.5. The van der Waals surface area contributed by atoms with Gasteiger partial charge in [-0.15, -0.1) is 4.68 Å². The molecule has 0 saturated heterocycles. The first-order valence-electron chi connectivity index (χ1n) is 5.78. The molecule has 0 fully saturated rings. The van der Waals surface area contributed by atoms with Gasteiger partial charge in [-0.05, 0) is 6.92 Å². The molecule has 2 aromatic heterocycles. The Kier molecular flexibility index (Phi) is 2.75. The minimum atomic E-state index is 0.281. The van der Waals surface area contributed by atoms with Crippen molar-refractivity contribution in [3.63, 3.8) is 0 Å². The van der Waals surface area contributed by atoms with Crippen LogP contribution in [0.2, 0.25) is 0 Å². The average molecular weight is 256 g/mol. The molecular formula is C13H12N4O2. The smallest absolute Gasteiger partial charge is 0.352 e. The third kappa shape index (κ3) is 2.08. The molecule has 0 spiro atoms. The van der Waals surface area contributed by atoms with Crippen molar-refractivity contribution >= 4 is 0 Å². The van der Waals surface area contributed by atoms with E-state index < -0.39 is 0 Å². The molecule has 1 aromatic carbocycles. The predicted molar refractivity (Wildman–Crippen MR) is 68.1 cm³/mol. The van der Waals surface area contributed by atoms with Gasteiger partial charge in [-0.1, -0.05) is 35.5 Å². The highest BCUT2D eigenvalue weighted by Gasteiger charge is 2.15. The van der Waals surface area contributed by atoms with E-state index in [2.05, 4.69) is 15.2 Å². The zero-order valence-electron chi connectivity index (χ0n) is 10.6. The van der Waals surface area contributed by atoms with Crippen LogP contribution in [0.25, 0.3) is 17.4 Å². The number of ether oxygens (including phenoxy) is 1. The van der Waals surface area contributed by atoms with Crippen molar-refractivity contribution < 1.29 is 9.26 Å². The number of hydrogen-bond donors (Lipinski definition) is 0. The quantitative estimate of drug-likeness (QED) is 0.719. The summed E-state index contributed by atoms with van der Waals surface area (Å²) in [6.45, 7) is 1.87. The summed E-state index contributed by atoms with van der Waals surface area (Å²) in [4.78, 5) is 4.32. The summed E-state index contributed by atoms with van der Waals surface area (Å²) in [5.74, 6) is 1.08. The number of methoxy groups -OCH3 is 1. The fourth-order valence-corrected chi connectivity index (χ4v) is 1.76. The predicted octanol–water partition coefficient (Wildman–Crippen LogP) is 2.24. The molecule has 0 aliphatic carbocycles. The van der Waals surface area contributed by atoms with Crippen LogP contribution < -0.4 is 4.74 Å². The molecule has 0 amide bonds. The minimum absolute atomic E-state index is 0.281. The van der Waals surface area contributed by atoms with Gasteiger partial charge in [0.05, 0.1) is 12.8 Å². The van der Waals surface area contributed by atoms with Crippen molar-refractivity contribution in [2.24, 2.45) is 0 Å². The maximum absolute atomic E-state index is 5.22. The van der Waals surface area contributed by atoms with Gasteiger partial charge >= 0.3 is 6.01 Å². The third-order valence-electron chi connectivity index (χ3n) is 2.64. The SMILES string of the molecule is COc1cc(C)nn1-c1nc(-c2ccccc2)no1. The average Bonchev–Trinajstić information content (AvgIpc) is 3.05. The molecule has 0 atom stereocenters. The number of nitrogens with zero attached hydrogens (tertiary/aromatic N) is 4. The van der Waals surface area contributed by atoms with E-state index in [1.54, 1.807) is 13.2 Å². The molecule has 6 heteroatoms. The Morgan fingerprint density at radius 2 is 2.00 bits per heavy atom. The van der Waals surface area contributed by atoms with Crippen LogP contribution in [-0.4, -0.2) is 27.0 Å². The Morgan fingerprint density at radius 1 is 1.21 bits per heavy atom. The van der Waals surface area contributed by atoms with Crippen molar-refractivity contribution in [3.05, 3.63) is 42.1 Å². The van der Waals surface area contributed by atoms with Gasteiger partial charge in [0.2, 0.25) is 11.7 Å². The molecule has 0 radical (unpaired) electrons. The lowest BCUT2D eigenvalue weighted by molar-refractivity contribution is 0.347. The number of aryl methyl sites for hydroxylation is 1. The molecule has 0 saturated carbocycles. The second-order valence-electron chi connectivity index (χ2n) is 4.01. The number of hydrogen-bond acceptors (Lipinski definition) is 5. The van der Waals surface area contributed by atoms with Crippen molar-refractivity contribution in [1.29, 1.82) is 0 Å². The highest BCUT2D eigenvalue weighted by molar-refractivity contribution is 5.54. The Labute approximate surface area is 109 Å². The summed E-state index contributed by atoms with van der Waals surface area (Å²) in [6, 6.07) is 11.7. The number of benzene rings is 1. The molecule has 0 aliphatic heterocycles. The Morgan fingerprint density at radius 3 is 2.74 bits per heavy atom. The van der Waals surface area contributed by atoms with Crippen LogP contribution in [0, 0.1) is 6.92 Å².